The Morgan fingerprint density at radius 3 is 2.19 bits per heavy atom. The van der Waals surface area contributed by atoms with Crippen LogP contribution in [0.15, 0.2) is 100.0 Å². The Bertz CT molecular complexity index is 1960. The van der Waals surface area contributed by atoms with Crippen molar-refractivity contribution < 1.29 is 12.9 Å². The number of hydrogen-bond donors (Lipinski definition) is 0. The van der Waals surface area contributed by atoms with E-state index in [1.807, 2.05) is 42.5 Å². The summed E-state index contributed by atoms with van der Waals surface area (Å²) in [6.07, 6.45) is 4.69. The van der Waals surface area contributed by atoms with Gasteiger partial charge in [0.05, 0.1) is 15.1 Å². The van der Waals surface area contributed by atoms with Gasteiger partial charge in [-0.3, -0.25) is 0 Å². The Labute approximate surface area is 247 Å². The Morgan fingerprint density at radius 1 is 0.833 bits per heavy atom. The van der Waals surface area contributed by atoms with Crippen molar-refractivity contribution in [2.75, 3.05) is 24.2 Å². The molecule has 1 fully saturated rings. The highest BCUT2D eigenvalue weighted by Gasteiger charge is 2.27. The molecule has 1 aliphatic rings. The summed E-state index contributed by atoms with van der Waals surface area (Å²) in [6, 6.07) is 25.2. The molecule has 3 aromatic carbocycles. The van der Waals surface area contributed by atoms with Gasteiger partial charge in [0, 0.05) is 41.8 Å². The van der Waals surface area contributed by atoms with Crippen LogP contribution in [-0.2, 0) is 9.84 Å². The van der Waals surface area contributed by atoms with Crippen molar-refractivity contribution in [1.29, 1.82) is 0 Å². The van der Waals surface area contributed by atoms with Crippen LogP contribution in [0.4, 0.5) is 5.82 Å². The SMILES string of the molecule is CS(=O)(=O)c1ccc(-c2ccc(-c3csc4c(N5CCC(c6nc(-c7ccccc7)no6)CC5)ncnc34)cc2)cc1. The zero-order valence-electron chi connectivity index (χ0n) is 22.8. The second-order valence-electron chi connectivity index (χ2n) is 10.5. The van der Waals surface area contributed by atoms with E-state index in [1.54, 1.807) is 29.8 Å². The molecule has 4 heterocycles. The van der Waals surface area contributed by atoms with Crippen molar-refractivity contribution in [2.24, 2.45) is 0 Å². The van der Waals surface area contributed by atoms with Crippen LogP contribution in [0.5, 0.6) is 0 Å². The zero-order valence-corrected chi connectivity index (χ0v) is 24.5. The normalized spacial score (nSPS) is 14.5. The molecule has 42 heavy (non-hydrogen) atoms. The van der Waals surface area contributed by atoms with E-state index in [0.717, 1.165) is 69.8 Å². The molecule has 0 atom stereocenters. The van der Waals surface area contributed by atoms with Gasteiger partial charge in [0.2, 0.25) is 11.7 Å². The van der Waals surface area contributed by atoms with Crippen LogP contribution in [-0.4, -0.2) is 47.9 Å². The first-order valence-corrected chi connectivity index (χ1v) is 16.5. The van der Waals surface area contributed by atoms with Gasteiger partial charge in [-0.05, 0) is 41.7 Å². The molecule has 0 unspecified atom stereocenters. The third kappa shape index (κ3) is 5.08. The molecule has 7 rings (SSSR count). The van der Waals surface area contributed by atoms with E-state index in [-0.39, 0.29) is 5.92 Å². The smallest absolute Gasteiger partial charge is 0.230 e. The Kier molecular flexibility index (Phi) is 6.79. The second-order valence-corrected chi connectivity index (χ2v) is 13.4. The van der Waals surface area contributed by atoms with Crippen LogP contribution in [0.3, 0.4) is 0 Å². The first kappa shape index (κ1) is 26.5. The average Bonchev–Trinajstić information content (AvgIpc) is 3.70. The lowest BCUT2D eigenvalue weighted by molar-refractivity contribution is 0.329. The number of fused-ring (bicyclic) bond motifs is 1. The maximum absolute atomic E-state index is 11.8. The highest BCUT2D eigenvalue weighted by atomic mass is 32.2. The summed E-state index contributed by atoms with van der Waals surface area (Å²) < 4.78 is 30.3. The van der Waals surface area contributed by atoms with E-state index in [1.165, 1.54) is 6.26 Å². The molecule has 10 heteroatoms. The molecule has 1 aliphatic heterocycles. The summed E-state index contributed by atoms with van der Waals surface area (Å²) in [5.41, 5.74) is 6.04. The number of piperidine rings is 1. The number of nitrogens with zero attached hydrogens (tertiary/aromatic N) is 5. The van der Waals surface area contributed by atoms with Gasteiger partial charge in [-0.25, -0.2) is 18.4 Å². The van der Waals surface area contributed by atoms with Gasteiger partial charge in [0.1, 0.15) is 12.1 Å². The first-order valence-electron chi connectivity index (χ1n) is 13.7. The highest BCUT2D eigenvalue weighted by Crippen LogP contribution is 2.39. The molecule has 0 bridgehead atoms. The van der Waals surface area contributed by atoms with Gasteiger partial charge in [-0.2, -0.15) is 4.98 Å². The number of aromatic nitrogens is 4. The van der Waals surface area contributed by atoms with E-state index < -0.39 is 9.84 Å². The minimum atomic E-state index is -3.22. The molecule has 0 saturated carbocycles. The molecule has 6 aromatic rings. The Hall–Kier alpha value is -4.41. The van der Waals surface area contributed by atoms with Crippen LogP contribution in [0.1, 0.15) is 24.7 Å². The average molecular weight is 594 g/mol. The summed E-state index contributed by atoms with van der Waals surface area (Å²) in [5.74, 6) is 2.53. The fourth-order valence-corrected chi connectivity index (χ4v) is 7.12. The summed E-state index contributed by atoms with van der Waals surface area (Å²) in [7, 11) is -3.22. The molecule has 3 aromatic heterocycles. The van der Waals surface area contributed by atoms with Gasteiger partial charge < -0.3 is 9.42 Å². The van der Waals surface area contributed by atoms with Crippen LogP contribution >= 0.6 is 11.3 Å². The number of hydrogen-bond acceptors (Lipinski definition) is 9. The quantitative estimate of drug-likeness (QED) is 0.206. The molecular weight excluding hydrogens is 567 g/mol. The largest absolute Gasteiger partial charge is 0.355 e. The van der Waals surface area contributed by atoms with Crippen molar-refractivity contribution in [2.45, 2.75) is 23.7 Å². The second kappa shape index (κ2) is 10.8. The minimum Gasteiger partial charge on any atom is -0.355 e. The van der Waals surface area contributed by atoms with Crippen molar-refractivity contribution in [3.05, 3.63) is 96.5 Å². The number of thiophene rings is 1. The van der Waals surface area contributed by atoms with Crippen LogP contribution in [0.2, 0.25) is 0 Å². The van der Waals surface area contributed by atoms with E-state index >= 15 is 0 Å². The van der Waals surface area contributed by atoms with Crippen molar-refractivity contribution in [3.8, 4) is 33.6 Å². The monoisotopic (exact) mass is 593 g/mol. The van der Waals surface area contributed by atoms with Gasteiger partial charge in [0.25, 0.3) is 0 Å². The Morgan fingerprint density at radius 2 is 1.50 bits per heavy atom. The zero-order chi connectivity index (χ0) is 28.7. The lowest BCUT2D eigenvalue weighted by Gasteiger charge is -2.31. The molecule has 1 saturated heterocycles. The number of benzene rings is 3. The summed E-state index contributed by atoms with van der Waals surface area (Å²) in [4.78, 5) is 16.7. The van der Waals surface area contributed by atoms with Gasteiger partial charge in [-0.15, -0.1) is 11.3 Å². The third-order valence-electron chi connectivity index (χ3n) is 7.76. The van der Waals surface area contributed by atoms with Crippen LogP contribution < -0.4 is 4.90 Å². The molecule has 8 nitrogen and oxygen atoms in total. The van der Waals surface area contributed by atoms with E-state index in [2.05, 4.69) is 54.7 Å². The lowest BCUT2D eigenvalue weighted by atomic mass is 9.96. The number of anilines is 1. The predicted molar refractivity (Wildman–Crippen MR) is 165 cm³/mol. The highest BCUT2D eigenvalue weighted by molar-refractivity contribution is 7.90. The first-order chi connectivity index (χ1) is 20.4. The van der Waals surface area contributed by atoms with E-state index in [9.17, 15) is 8.42 Å². The summed E-state index contributed by atoms with van der Waals surface area (Å²) in [5, 5.41) is 6.35. The molecular formula is C32H27N5O3S2. The van der Waals surface area contributed by atoms with Crippen LogP contribution in [0.25, 0.3) is 43.9 Å². The molecule has 0 aliphatic carbocycles. The number of rotatable bonds is 6. The molecule has 0 radical (unpaired) electrons. The van der Waals surface area contributed by atoms with Crippen LogP contribution in [0, 0.1) is 0 Å². The molecule has 0 N–H and O–H groups in total. The number of sulfone groups is 1. The maximum Gasteiger partial charge on any atom is 0.230 e. The van der Waals surface area contributed by atoms with E-state index in [4.69, 9.17) is 4.52 Å². The van der Waals surface area contributed by atoms with Crippen molar-refractivity contribution >= 4 is 37.2 Å². The standard InChI is InChI=1S/C32H27N5O3S2/c1-42(38,39)26-13-11-22(12-14-26)21-7-9-23(10-8-21)27-19-41-29-28(27)33-20-34-31(29)37-17-15-25(16-18-37)32-35-30(36-40-32)24-5-3-2-4-6-24/h2-14,19-20,25H,15-18H2,1H3. The minimum absolute atomic E-state index is 0.225. The molecule has 0 amide bonds. The molecule has 210 valence electrons. The van der Waals surface area contributed by atoms with Gasteiger partial charge in [-0.1, -0.05) is 71.9 Å². The third-order valence-corrected chi connectivity index (χ3v) is 9.86. The summed E-state index contributed by atoms with van der Waals surface area (Å²) in [6.45, 7) is 1.69. The van der Waals surface area contributed by atoms with Gasteiger partial charge in [0.15, 0.2) is 9.84 Å². The summed E-state index contributed by atoms with van der Waals surface area (Å²) >= 11 is 1.67. The molecule has 0 spiro atoms. The van der Waals surface area contributed by atoms with Crippen molar-refractivity contribution in [3.63, 3.8) is 0 Å². The lowest BCUT2D eigenvalue weighted by Crippen LogP contribution is -2.33. The fourth-order valence-electron chi connectivity index (χ4n) is 5.45. The fraction of sp³-hybridized carbons (Fsp3) is 0.188. The van der Waals surface area contributed by atoms with Gasteiger partial charge >= 0.3 is 0 Å². The van der Waals surface area contributed by atoms with E-state index in [0.29, 0.717) is 16.6 Å². The van der Waals surface area contributed by atoms with Crippen molar-refractivity contribution in [1.82, 2.24) is 20.1 Å². The predicted octanol–water partition coefficient (Wildman–Crippen LogP) is 6.86. The Balaban J connectivity index is 1.07. The topological polar surface area (TPSA) is 102 Å². The maximum atomic E-state index is 11.8.